The van der Waals surface area contributed by atoms with E-state index in [2.05, 4.69) is 42.4 Å². The van der Waals surface area contributed by atoms with Crippen molar-refractivity contribution in [1.29, 1.82) is 0 Å². The summed E-state index contributed by atoms with van der Waals surface area (Å²) in [6, 6.07) is 12.1. The zero-order valence-electron chi connectivity index (χ0n) is 15.4. The SMILES string of the molecule is COc1cc(Br)cc(Br)c1OCC(=O)NN=Cc1ccc(-c2ccc(Cl)cc2Cl)o1. The van der Waals surface area contributed by atoms with E-state index in [0.717, 1.165) is 4.47 Å². The van der Waals surface area contributed by atoms with Crippen molar-refractivity contribution in [2.24, 2.45) is 5.10 Å². The first-order valence-electron chi connectivity index (χ1n) is 8.40. The van der Waals surface area contributed by atoms with Gasteiger partial charge in [0.05, 0.1) is 22.8 Å². The van der Waals surface area contributed by atoms with E-state index in [-0.39, 0.29) is 6.61 Å². The zero-order chi connectivity index (χ0) is 21.7. The van der Waals surface area contributed by atoms with Crippen molar-refractivity contribution in [3.05, 3.63) is 67.2 Å². The lowest BCUT2D eigenvalue weighted by Crippen LogP contribution is -2.24. The Morgan fingerprint density at radius 2 is 2.00 bits per heavy atom. The Hall–Kier alpha value is -2.00. The second kappa shape index (κ2) is 10.3. The van der Waals surface area contributed by atoms with Crippen LogP contribution in [0.15, 0.2) is 60.9 Å². The molecule has 6 nitrogen and oxygen atoms in total. The van der Waals surface area contributed by atoms with E-state index in [1.165, 1.54) is 13.3 Å². The average molecular weight is 577 g/mol. The highest BCUT2D eigenvalue weighted by Crippen LogP contribution is 2.38. The van der Waals surface area contributed by atoms with Crippen LogP contribution in [0.1, 0.15) is 5.76 Å². The summed E-state index contributed by atoms with van der Waals surface area (Å²) in [4.78, 5) is 12.0. The van der Waals surface area contributed by atoms with Gasteiger partial charge in [0, 0.05) is 15.1 Å². The molecule has 1 N–H and O–H groups in total. The van der Waals surface area contributed by atoms with Gasteiger partial charge in [-0.05, 0) is 58.4 Å². The number of hydrogen-bond donors (Lipinski definition) is 1. The number of halogens is 4. The van der Waals surface area contributed by atoms with Crippen LogP contribution in [0, 0.1) is 0 Å². The highest BCUT2D eigenvalue weighted by molar-refractivity contribution is 9.11. The van der Waals surface area contributed by atoms with Crippen molar-refractivity contribution in [1.82, 2.24) is 5.43 Å². The van der Waals surface area contributed by atoms with Gasteiger partial charge in [-0.15, -0.1) is 0 Å². The second-order valence-corrected chi connectivity index (χ2v) is 8.44. The summed E-state index contributed by atoms with van der Waals surface area (Å²) in [5, 5.41) is 4.88. The fourth-order valence-electron chi connectivity index (χ4n) is 2.42. The molecule has 0 aliphatic heterocycles. The first-order chi connectivity index (χ1) is 14.4. The number of benzene rings is 2. The predicted molar refractivity (Wildman–Crippen MR) is 124 cm³/mol. The van der Waals surface area contributed by atoms with E-state index in [4.69, 9.17) is 37.1 Å². The normalized spacial score (nSPS) is 11.0. The van der Waals surface area contributed by atoms with Crippen molar-refractivity contribution in [2.45, 2.75) is 0 Å². The molecule has 0 aliphatic rings. The molecule has 3 rings (SSSR count). The molecule has 1 amide bonds. The number of nitrogens with one attached hydrogen (secondary N) is 1. The molecule has 156 valence electrons. The van der Waals surface area contributed by atoms with Gasteiger partial charge in [0.2, 0.25) is 0 Å². The van der Waals surface area contributed by atoms with Gasteiger partial charge in [-0.1, -0.05) is 39.1 Å². The molecule has 0 fully saturated rings. The fourth-order valence-corrected chi connectivity index (χ4v) is 4.22. The van der Waals surface area contributed by atoms with E-state index in [1.807, 2.05) is 0 Å². The van der Waals surface area contributed by atoms with E-state index in [0.29, 0.717) is 43.1 Å². The number of carbonyl (C=O) groups is 1. The maximum absolute atomic E-state index is 12.0. The number of carbonyl (C=O) groups excluding carboxylic acids is 1. The minimum Gasteiger partial charge on any atom is -0.493 e. The largest absolute Gasteiger partial charge is 0.493 e. The quantitative estimate of drug-likeness (QED) is 0.264. The molecule has 3 aromatic rings. The van der Waals surface area contributed by atoms with Crippen molar-refractivity contribution in [3.63, 3.8) is 0 Å². The Labute approximate surface area is 199 Å². The van der Waals surface area contributed by atoms with Crippen LogP contribution < -0.4 is 14.9 Å². The van der Waals surface area contributed by atoms with Crippen molar-refractivity contribution >= 4 is 67.2 Å². The molecule has 0 unspecified atom stereocenters. The van der Waals surface area contributed by atoms with Gasteiger partial charge in [-0.3, -0.25) is 4.79 Å². The van der Waals surface area contributed by atoms with Crippen LogP contribution in [-0.2, 0) is 4.79 Å². The monoisotopic (exact) mass is 574 g/mol. The lowest BCUT2D eigenvalue weighted by Gasteiger charge is -2.12. The highest BCUT2D eigenvalue weighted by Gasteiger charge is 2.13. The molecule has 0 saturated carbocycles. The molecule has 1 heterocycles. The summed E-state index contributed by atoms with van der Waals surface area (Å²) >= 11 is 18.8. The second-order valence-electron chi connectivity index (χ2n) is 5.83. The maximum Gasteiger partial charge on any atom is 0.277 e. The molecule has 10 heteroatoms. The summed E-state index contributed by atoms with van der Waals surface area (Å²) < 4.78 is 17.9. The van der Waals surface area contributed by atoms with Crippen LogP contribution in [0.2, 0.25) is 10.0 Å². The summed E-state index contributed by atoms with van der Waals surface area (Å²) in [6.45, 7) is -0.252. The van der Waals surface area contributed by atoms with Gasteiger partial charge in [-0.25, -0.2) is 5.43 Å². The molecular weight excluding hydrogens is 563 g/mol. The van der Waals surface area contributed by atoms with Crippen molar-refractivity contribution < 1.29 is 18.7 Å². The number of nitrogens with zero attached hydrogens (tertiary/aromatic N) is 1. The number of ether oxygens (including phenoxy) is 2. The van der Waals surface area contributed by atoms with Gasteiger partial charge >= 0.3 is 0 Å². The summed E-state index contributed by atoms with van der Waals surface area (Å²) in [7, 11) is 1.51. The number of methoxy groups -OCH3 is 1. The molecule has 30 heavy (non-hydrogen) atoms. The van der Waals surface area contributed by atoms with Gasteiger partial charge in [-0.2, -0.15) is 5.10 Å². The molecule has 0 bridgehead atoms. The topological polar surface area (TPSA) is 73.1 Å². The average Bonchev–Trinajstić information content (AvgIpc) is 3.15. The Kier molecular flexibility index (Phi) is 7.82. The number of furan rings is 1. The lowest BCUT2D eigenvalue weighted by molar-refractivity contribution is -0.123. The van der Waals surface area contributed by atoms with Crippen LogP contribution in [0.3, 0.4) is 0 Å². The van der Waals surface area contributed by atoms with E-state index < -0.39 is 5.91 Å². The first-order valence-corrected chi connectivity index (χ1v) is 10.7. The van der Waals surface area contributed by atoms with Gasteiger partial charge in [0.1, 0.15) is 11.5 Å². The molecule has 0 radical (unpaired) electrons. The zero-order valence-corrected chi connectivity index (χ0v) is 20.1. The third-order valence-electron chi connectivity index (χ3n) is 3.75. The molecule has 0 atom stereocenters. The van der Waals surface area contributed by atoms with Crippen molar-refractivity contribution in [3.8, 4) is 22.8 Å². The molecule has 2 aromatic carbocycles. The molecule has 0 aliphatic carbocycles. The highest BCUT2D eigenvalue weighted by atomic mass is 79.9. The van der Waals surface area contributed by atoms with Crippen LogP contribution in [0.25, 0.3) is 11.3 Å². The number of hydrazone groups is 1. The van der Waals surface area contributed by atoms with Gasteiger partial charge < -0.3 is 13.9 Å². The van der Waals surface area contributed by atoms with Crippen molar-refractivity contribution in [2.75, 3.05) is 13.7 Å². The third kappa shape index (κ3) is 5.78. The van der Waals surface area contributed by atoms with Gasteiger partial charge in [0.25, 0.3) is 5.91 Å². The minimum absolute atomic E-state index is 0.252. The minimum atomic E-state index is -0.448. The van der Waals surface area contributed by atoms with Gasteiger partial charge in [0.15, 0.2) is 18.1 Å². The van der Waals surface area contributed by atoms with Crippen LogP contribution in [0.4, 0.5) is 0 Å². The van der Waals surface area contributed by atoms with E-state index >= 15 is 0 Å². The summed E-state index contributed by atoms with van der Waals surface area (Å²) in [5.41, 5.74) is 3.08. The van der Waals surface area contributed by atoms with E-state index in [1.54, 1.807) is 42.5 Å². The Morgan fingerprint density at radius 3 is 2.73 bits per heavy atom. The molecule has 0 spiro atoms. The predicted octanol–water partition coefficient (Wildman–Crippen LogP) is 6.32. The summed E-state index contributed by atoms with van der Waals surface area (Å²) in [5.74, 6) is 1.44. The number of amides is 1. The number of rotatable bonds is 7. The molecule has 0 saturated heterocycles. The Morgan fingerprint density at radius 1 is 1.20 bits per heavy atom. The van der Waals surface area contributed by atoms with Crippen LogP contribution >= 0.6 is 55.1 Å². The molecular formula is C20H14Br2Cl2N2O4. The Balaban J connectivity index is 1.57. The lowest BCUT2D eigenvalue weighted by atomic mass is 10.2. The van der Waals surface area contributed by atoms with E-state index in [9.17, 15) is 4.79 Å². The Bertz CT molecular complexity index is 1100. The first kappa shape index (κ1) is 22.7. The number of hydrogen-bond acceptors (Lipinski definition) is 5. The maximum atomic E-state index is 12.0. The smallest absolute Gasteiger partial charge is 0.277 e. The van der Waals surface area contributed by atoms with Crippen LogP contribution in [0.5, 0.6) is 11.5 Å². The molecule has 1 aromatic heterocycles. The third-order valence-corrected chi connectivity index (χ3v) is 5.34. The standard InChI is InChI=1S/C20H14Br2Cl2N2O4/c1-28-18-7-11(21)6-15(22)20(18)29-10-19(27)26-25-9-13-3-5-17(30-13)14-4-2-12(23)8-16(14)24/h2-9H,10H2,1H3,(H,26,27). The fraction of sp³-hybridized carbons (Fsp3) is 0.100. The summed E-state index contributed by atoms with van der Waals surface area (Å²) in [6.07, 6.45) is 1.38. The van der Waals surface area contributed by atoms with Crippen LogP contribution in [-0.4, -0.2) is 25.8 Å².